The highest BCUT2D eigenvalue weighted by Gasteiger charge is 2.25. The topological polar surface area (TPSA) is 94.0 Å². The molecule has 1 aromatic carbocycles. The summed E-state index contributed by atoms with van der Waals surface area (Å²) in [6, 6.07) is 11.2. The number of benzene rings is 1. The van der Waals surface area contributed by atoms with Gasteiger partial charge in [-0.15, -0.1) is 0 Å². The van der Waals surface area contributed by atoms with E-state index in [1.165, 1.54) is 12.7 Å². The summed E-state index contributed by atoms with van der Waals surface area (Å²) in [5.74, 6) is 0.869. The maximum Gasteiger partial charge on any atom is 0.175 e. The van der Waals surface area contributed by atoms with Crippen molar-refractivity contribution in [2.75, 3.05) is 44.1 Å². The van der Waals surface area contributed by atoms with Crippen LogP contribution in [0.25, 0.3) is 27.6 Å². The molecule has 2 atom stereocenters. The van der Waals surface area contributed by atoms with Crippen LogP contribution in [0, 0.1) is 0 Å². The van der Waals surface area contributed by atoms with Crippen LogP contribution in [-0.4, -0.2) is 75.9 Å². The van der Waals surface area contributed by atoms with Gasteiger partial charge in [0.25, 0.3) is 0 Å². The maximum absolute atomic E-state index is 12.1. The lowest BCUT2D eigenvalue weighted by Gasteiger charge is -2.29. The van der Waals surface area contributed by atoms with Crippen molar-refractivity contribution in [2.45, 2.75) is 49.1 Å². The number of hydrogen-bond acceptors (Lipinski definition) is 8. The Hall–Kier alpha value is -3.14. The third kappa shape index (κ3) is 5.62. The number of sulfone groups is 1. The van der Waals surface area contributed by atoms with E-state index in [4.69, 9.17) is 24.4 Å². The summed E-state index contributed by atoms with van der Waals surface area (Å²) < 4.78 is 35.7. The molecule has 0 saturated carbocycles. The van der Waals surface area contributed by atoms with Gasteiger partial charge in [-0.3, -0.25) is 9.98 Å². The second-order valence-corrected chi connectivity index (χ2v) is 12.5. The molecule has 9 heteroatoms. The Morgan fingerprint density at radius 3 is 2.59 bits per heavy atom. The third-order valence-corrected chi connectivity index (χ3v) is 8.96. The van der Waals surface area contributed by atoms with Crippen LogP contribution in [-0.2, 0) is 19.3 Å². The second kappa shape index (κ2) is 11.2. The maximum atomic E-state index is 12.1. The van der Waals surface area contributed by atoms with E-state index in [2.05, 4.69) is 17.0 Å². The van der Waals surface area contributed by atoms with Gasteiger partial charge in [0.15, 0.2) is 9.84 Å². The molecule has 3 aliphatic heterocycles. The molecule has 0 amide bonds. The number of aliphatic imine (C=N–C) groups is 1. The highest BCUT2D eigenvalue weighted by Crippen LogP contribution is 2.37. The van der Waals surface area contributed by atoms with Gasteiger partial charge in [-0.2, -0.15) is 0 Å². The molecule has 2 fully saturated rings. The van der Waals surface area contributed by atoms with Gasteiger partial charge in [0, 0.05) is 49.3 Å². The summed E-state index contributed by atoms with van der Waals surface area (Å²) in [6.07, 6.45) is 12.7. The van der Waals surface area contributed by atoms with E-state index in [0.717, 1.165) is 84.5 Å². The molecule has 3 aliphatic rings. The van der Waals surface area contributed by atoms with E-state index in [-0.39, 0.29) is 6.04 Å². The summed E-state index contributed by atoms with van der Waals surface area (Å²) >= 11 is 0. The largest absolute Gasteiger partial charge is 0.378 e. The standard InChI is InChI=1S/C30H34N4O4S/c1-39(35,36)23-8-5-21(6-9-23)26-20-28(34-15-18-37-19-16-34)33-30-24(26)11-14-32-29(30)25-12-13-31-27(25)10-7-22-4-2-3-17-38-22/h5-6,8-9,11-14,20,22,27H,2-4,7,10,15-19H2,1H3. The molecule has 3 aromatic rings. The van der Waals surface area contributed by atoms with Gasteiger partial charge in [-0.05, 0) is 73.6 Å². The van der Waals surface area contributed by atoms with Gasteiger partial charge in [0.05, 0.1) is 41.5 Å². The third-order valence-electron chi connectivity index (χ3n) is 7.83. The van der Waals surface area contributed by atoms with Gasteiger partial charge in [0.2, 0.25) is 0 Å². The lowest BCUT2D eigenvalue weighted by atomic mass is 9.94. The minimum atomic E-state index is -3.28. The van der Waals surface area contributed by atoms with Crippen molar-refractivity contribution >= 4 is 38.3 Å². The first kappa shape index (κ1) is 26.1. The Morgan fingerprint density at radius 1 is 1.03 bits per heavy atom. The number of rotatable bonds is 7. The Kier molecular flexibility index (Phi) is 7.47. The Morgan fingerprint density at radius 2 is 1.85 bits per heavy atom. The van der Waals surface area contributed by atoms with E-state index < -0.39 is 9.84 Å². The predicted octanol–water partition coefficient (Wildman–Crippen LogP) is 4.72. The number of hydrogen-bond donors (Lipinski definition) is 0. The molecule has 204 valence electrons. The zero-order chi connectivity index (χ0) is 26.8. The number of ether oxygens (including phenoxy) is 2. The van der Waals surface area contributed by atoms with E-state index >= 15 is 0 Å². The Bertz CT molecular complexity index is 1510. The Balaban J connectivity index is 1.41. The van der Waals surface area contributed by atoms with Gasteiger partial charge in [-0.25, -0.2) is 13.4 Å². The fourth-order valence-corrected chi connectivity index (χ4v) is 6.32. The SMILES string of the molecule is CS(=O)(=O)c1ccc(-c2cc(N3CCOCC3)nc3c(C4=CC=NC4CCC4CCCCO4)nccc23)cc1. The minimum absolute atomic E-state index is 0.0277. The summed E-state index contributed by atoms with van der Waals surface area (Å²) in [4.78, 5) is 17.3. The number of fused-ring (bicyclic) bond motifs is 1. The summed E-state index contributed by atoms with van der Waals surface area (Å²) in [7, 11) is -3.28. The summed E-state index contributed by atoms with van der Waals surface area (Å²) in [6.45, 7) is 3.69. The van der Waals surface area contributed by atoms with Crippen LogP contribution in [0.2, 0.25) is 0 Å². The molecule has 0 bridgehead atoms. The normalized spacial score (nSPS) is 21.9. The number of allylic oxidation sites excluding steroid dienone is 1. The second-order valence-electron chi connectivity index (χ2n) is 10.5. The van der Waals surface area contributed by atoms with Crippen LogP contribution < -0.4 is 4.90 Å². The molecule has 2 unspecified atom stereocenters. The van der Waals surface area contributed by atoms with E-state index in [0.29, 0.717) is 24.2 Å². The highest BCUT2D eigenvalue weighted by atomic mass is 32.2. The molecule has 5 heterocycles. The van der Waals surface area contributed by atoms with Crippen molar-refractivity contribution in [3.05, 3.63) is 54.4 Å². The van der Waals surface area contributed by atoms with E-state index in [9.17, 15) is 8.42 Å². The van der Waals surface area contributed by atoms with Gasteiger partial charge in [-0.1, -0.05) is 12.1 Å². The molecule has 39 heavy (non-hydrogen) atoms. The number of anilines is 1. The molecule has 0 N–H and O–H groups in total. The van der Waals surface area contributed by atoms with Crippen LogP contribution in [0.3, 0.4) is 0 Å². The van der Waals surface area contributed by atoms with Crippen molar-refractivity contribution in [1.29, 1.82) is 0 Å². The van der Waals surface area contributed by atoms with Crippen LogP contribution >= 0.6 is 0 Å². The lowest BCUT2D eigenvalue weighted by Crippen LogP contribution is -2.36. The van der Waals surface area contributed by atoms with Crippen LogP contribution in [0.5, 0.6) is 0 Å². The molecule has 2 saturated heterocycles. The number of aromatic nitrogens is 2. The average molecular weight is 547 g/mol. The van der Waals surface area contributed by atoms with Crippen LogP contribution in [0.4, 0.5) is 5.82 Å². The zero-order valence-electron chi connectivity index (χ0n) is 22.3. The summed E-state index contributed by atoms with van der Waals surface area (Å²) in [5, 5.41) is 0.978. The molecule has 0 aliphatic carbocycles. The fourth-order valence-electron chi connectivity index (χ4n) is 5.69. The first-order valence-electron chi connectivity index (χ1n) is 13.8. The van der Waals surface area contributed by atoms with E-state index in [1.54, 1.807) is 12.1 Å². The number of nitrogens with zero attached hydrogens (tertiary/aromatic N) is 4. The van der Waals surface area contributed by atoms with Crippen molar-refractivity contribution < 1.29 is 17.9 Å². The zero-order valence-corrected chi connectivity index (χ0v) is 23.1. The monoisotopic (exact) mass is 546 g/mol. The Labute approximate surface area is 229 Å². The van der Waals surface area contributed by atoms with Crippen molar-refractivity contribution in [3.63, 3.8) is 0 Å². The van der Waals surface area contributed by atoms with Gasteiger partial charge >= 0.3 is 0 Å². The van der Waals surface area contributed by atoms with Gasteiger partial charge < -0.3 is 14.4 Å². The predicted molar refractivity (Wildman–Crippen MR) is 154 cm³/mol. The molecule has 8 nitrogen and oxygen atoms in total. The molecular weight excluding hydrogens is 512 g/mol. The molecular formula is C30H34N4O4S. The number of morpholine rings is 1. The first-order chi connectivity index (χ1) is 19.0. The molecule has 6 rings (SSSR count). The van der Waals surface area contributed by atoms with E-state index in [1.807, 2.05) is 30.6 Å². The lowest BCUT2D eigenvalue weighted by molar-refractivity contribution is 0.00988. The van der Waals surface area contributed by atoms with Crippen molar-refractivity contribution in [1.82, 2.24) is 9.97 Å². The van der Waals surface area contributed by atoms with Crippen molar-refractivity contribution in [2.24, 2.45) is 4.99 Å². The highest BCUT2D eigenvalue weighted by molar-refractivity contribution is 7.90. The van der Waals surface area contributed by atoms with Gasteiger partial charge in [0.1, 0.15) is 5.82 Å². The molecule has 0 spiro atoms. The molecule has 0 radical (unpaired) electrons. The van der Waals surface area contributed by atoms with Crippen LogP contribution in [0.15, 0.2) is 58.6 Å². The minimum Gasteiger partial charge on any atom is -0.378 e. The summed E-state index contributed by atoms with van der Waals surface area (Å²) in [5.41, 5.74) is 4.70. The number of pyridine rings is 2. The fraction of sp³-hybridized carbons (Fsp3) is 0.433. The first-order valence-corrected chi connectivity index (χ1v) is 15.6. The average Bonchev–Trinajstić information content (AvgIpc) is 3.44. The quantitative estimate of drug-likeness (QED) is 0.423. The smallest absolute Gasteiger partial charge is 0.175 e. The van der Waals surface area contributed by atoms with Crippen molar-refractivity contribution in [3.8, 4) is 11.1 Å². The molecule has 2 aromatic heterocycles. The van der Waals surface area contributed by atoms with Crippen LogP contribution in [0.1, 0.15) is 37.8 Å².